The van der Waals surface area contributed by atoms with Crippen molar-refractivity contribution < 1.29 is 9.59 Å². The molecule has 0 saturated carbocycles. The molecule has 3 rings (SSSR count). The molecule has 3 aromatic rings. The molecule has 0 unspecified atom stereocenters. The Bertz CT molecular complexity index is 1050. The van der Waals surface area contributed by atoms with E-state index in [9.17, 15) is 14.4 Å². The largest absolute Gasteiger partial charge is 0.325 e. The van der Waals surface area contributed by atoms with Crippen LogP contribution in [0.25, 0.3) is 0 Å². The number of aromatic nitrogens is 2. The molecule has 28 heavy (non-hydrogen) atoms. The fraction of sp³-hybridized carbons (Fsp3) is 0.0526. The number of benzene rings is 2. The third kappa shape index (κ3) is 5.45. The first-order valence-electron chi connectivity index (χ1n) is 8.15. The maximum atomic E-state index is 12.6. The molecule has 3 N–H and O–H groups in total. The zero-order valence-electron chi connectivity index (χ0n) is 14.4. The molecule has 2 aromatic carbocycles. The summed E-state index contributed by atoms with van der Waals surface area (Å²) in [5.74, 6) is -0.664. The van der Waals surface area contributed by atoms with E-state index in [2.05, 4.69) is 20.6 Å². The van der Waals surface area contributed by atoms with Crippen molar-refractivity contribution in [3.8, 4) is 0 Å². The van der Waals surface area contributed by atoms with Gasteiger partial charge >= 0.3 is 0 Å². The predicted octanol–water partition coefficient (Wildman–Crippen LogP) is 3.41. The highest BCUT2D eigenvalue weighted by Crippen LogP contribution is 2.19. The van der Waals surface area contributed by atoms with Crippen molar-refractivity contribution in [2.45, 2.75) is 5.16 Å². The van der Waals surface area contributed by atoms with Gasteiger partial charge in [-0.3, -0.25) is 14.4 Å². The number of carbonyl (C=O) groups excluding carboxylic acids is 2. The Morgan fingerprint density at radius 3 is 2.54 bits per heavy atom. The van der Waals surface area contributed by atoms with E-state index in [0.29, 0.717) is 27.1 Å². The summed E-state index contributed by atoms with van der Waals surface area (Å²) in [5, 5.41) is 6.38. The number of para-hydroxylation sites is 1. The van der Waals surface area contributed by atoms with Gasteiger partial charge in [-0.2, -0.15) is 0 Å². The molecule has 0 bridgehead atoms. The minimum absolute atomic E-state index is 0.0279. The summed E-state index contributed by atoms with van der Waals surface area (Å²) >= 11 is 6.93. The monoisotopic (exact) mass is 414 g/mol. The Hall–Kier alpha value is -3.10. The molecule has 1 aromatic heterocycles. The summed E-state index contributed by atoms with van der Waals surface area (Å²) in [5.41, 5.74) is 1.00. The molecule has 0 spiro atoms. The lowest BCUT2D eigenvalue weighted by atomic mass is 10.1. The number of nitrogens with zero attached hydrogens (tertiary/aromatic N) is 1. The minimum Gasteiger partial charge on any atom is -0.325 e. The van der Waals surface area contributed by atoms with Crippen LogP contribution < -0.4 is 16.2 Å². The first-order chi connectivity index (χ1) is 13.5. The van der Waals surface area contributed by atoms with Crippen molar-refractivity contribution in [3.63, 3.8) is 0 Å². The Morgan fingerprint density at radius 2 is 1.79 bits per heavy atom. The Kier molecular flexibility index (Phi) is 6.46. The lowest BCUT2D eigenvalue weighted by Gasteiger charge is -2.11. The normalized spacial score (nSPS) is 10.3. The summed E-state index contributed by atoms with van der Waals surface area (Å²) < 4.78 is 0. The van der Waals surface area contributed by atoms with E-state index in [1.807, 2.05) is 0 Å². The van der Waals surface area contributed by atoms with E-state index in [4.69, 9.17) is 11.6 Å². The van der Waals surface area contributed by atoms with E-state index in [-0.39, 0.29) is 23.1 Å². The van der Waals surface area contributed by atoms with Crippen LogP contribution in [0.4, 0.5) is 11.4 Å². The summed E-state index contributed by atoms with van der Waals surface area (Å²) in [6, 6.07) is 14.7. The van der Waals surface area contributed by atoms with E-state index < -0.39 is 0 Å². The van der Waals surface area contributed by atoms with Crippen LogP contribution in [-0.4, -0.2) is 27.5 Å². The predicted molar refractivity (Wildman–Crippen MR) is 110 cm³/mol. The molecular formula is C19H15ClN4O3S. The minimum atomic E-state index is -0.361. The lowest BCUT2D eigenvalue weighted by Crippen LogP contribution is -2.19. The van der Waals surface area contributed by atoms with Gasteiger partial charge in [-0.25, -0.2) is 4.98 Å². The lowest BCUT2D eigenvalue weighted by molar-refractivity contribution is -0.113. The first kappa shape index (κ1) is 19.7. The van der Waals surface area contributed by atoms with Crippen LogP contribution in [-0.2, 0) is 4.79 Å². The topological polar surface area (TPSA) is 104 Å². The highest BCUT2D eigenvalue weighted by atomic mass is 35.5. The second-order valence-electron chi connectivity index (χ2n) is 5.58. The molecule has 1 heterocycles. The smallest absolute Gasteiger partial charge is 0.257 e. The SMILES string of the molecule is O=C(CSc1nccc(=O)[nH]1)Nc1ccccc1C(=O)Nc1ccc(Cl)cc1. The first-order valence-corrected chi connectivity index (χ1v) is 9.51. The molecule has 9 heteroatoms. The van der Waals surface area contributed by atoms with Crippen molar-refractivity contribution in [1.82, 2.24) is 9.97 Å². The van der Waals surface area contributed by atoms with Crippen molar-refractivity contribution in [1.29, 1.82) is 0 Å². The molecular weight excluding hydrogens is 400 g/mol. The number of amides is 2. The van der Waals surface area contributed by atoms with Crippen molar-refractivity contribution in [2.24, 2.45) is 0 Å². The van der Waals surface area contributed by atoms with Crippen molar-refractivity contribution in [3.05, 3.63) is 81.7 Å². The molecule has 0 atom stereocenters. The van der Waals surface area contributed by atoms with Gasteiger partial charge in [0, 0.05) is 23.0 Å². The van der Waals surface area contributed by atoms with Gasteiger partial charge in [-0.15, -0.1) is 0 Å². The Labute approximate surface area is 169 Å². The Morgan fingerprint density at radius 1 is 1.04 bits per heavy atom. The van der Waals surface area contributed by atoms with E-state index in [0.717, 1.165) is 11.8 Å². The standard InChI is InChI=1S/C19H15ClN4O3S/c20-12-5-7-13(8-6-12)22-18(27)14-3-1-2-4-15(14)23-17(26)11-28-19-21-10-9-16(25)24-19/h1-10H,11H2,(H,22,27)(H,23,26)(H,21,24,25). The fourth-order valence-electron chi connectivity index (χ4n) is 2.27. The second-order valence-corrected chi connectivity index (χ2v) is 6.98. The number of carbonyl (C=O) groups is 2. The fourth-order valence-corrected chi connectivity index (χ4v) is 3.04. The summed E-state index contributed by atoms with van der Waals surface area (Å²) in [6.07, 6.45) is 1.37. The van der Waals surface area contributed by atoms with E-state index >= 15 is 0 Å². The molecule has 2 amide bonds. The Balaban J connectivity index is 1.65. The maximum absolute atomic E-state index is 12.6. The molecule has 142 valence electrons. The summed E-state index contributed by atoms with van der Waals surface area (Å²) in [4.78, 5) is 42.6. The molecule has 0 saturated heterocycles. The zero-order chi connectivity index (χ0) is 19.9. The van der Waals surface area contributed by atoms with Gasteiger partial charge < -0.3 is 15.6 Å². The summed E-state index contributed by atoms with van der Waals surface area (Å²) in [6.45, 7) is 0. The maximum Gasteiger partial charge on any atom is 0.257 e. The third-order valence-electron chi connectivity index (χ3n) is 3.54. The van der Waals surface area contributed by atoms with Crippen LogP contribution in [0.2, 0.25) is 5.02 Å². The second kappa shape index (κ2) is 9.20. The number of hydrogen-bond acceptors (Lipinski definition) is 5. The van der Waals surface area contributed by atoms with Gasteiger partial charge in [0.2, 0.25) is 5.91 Å². The van der Waals surface area contributed by atoms with Crippen LogP contribution in [0.15, 0.2) is 70.7 Å². The molecule has 0 aliphatic heterocycles. The number of H-pyrrole nitrogens is 1. The number of aromatic amines is 1. The van der Waals surface area contributed by atoms with Crippen LogP contribution in [0, 0.1) is 0 Å². The molecule has 0 aliphatic carbocycles. The zero-order valence-corrected chi connectivity index (χ0v) is 16.0. The van der Waals surface area contributed by atoms with Gasteiger partial charge in [-0.05, 0) is 36.4 Å². The van der Waals surface area contributed by atoms with Gasteiger partial charge in [0.25, 0.3) is 11.5 Å². The average Bonchev–Trinajstić information content (AvgIpc) is 2.68. The van der Waals surface area contributed by atoms with Gasteiger partial charge in [0.15, 0.2) is 5.16 Å². The van der Waals surface area contributed by atoms with Crippen LogP contribution >= 0.6 is 23.4 Å². The number of rotatable bonds is 6. The molecule has 7 nitrogen and oxygen atoms in total. The van der Waals surface area contributed by atoms with Crippen LogP contribution in [0.5, 0.6) is 0 Å². The quantitative estimate of drug-likeness (QED) is 0.423. The highest BCUT2D eigenvalue weighted by molar-refractivity contribution is 7.99. The van der Waals surface area contributed by atoms with Crippen molar-refractivity contribution >= 4 is 46.6 Å². The van der Waals surface area contributed by atoms with Gasteiger partial charge in [0.1, 0.15) is 0 Å². The van der Waals surface area contributed by atoms with E-state index in [1.54, 1.807) is 48.5 Å². The van der Waals surface area contributed by atoms with Gasteiger partial charge in [-0.1, -0.05) is 35.5 Å². The third-order valence-corrected chi connectivity index (χ3v) is 4.68. The van der Waals surface area contributed by atoms with Gasteiger partial charge in [0.05, 0.1) is 17.0 Å². The highest BCUT2D eigenvalue weighted by Gasteiger charge is 2.14. The molecule has 0 radical (unpaired) electrons. The number of halogens is 1. The molecule has 0 fully saturated rings. The number of thioether (sulfide) groups is 1. The number of hydrogen-bond donors (Lipinski definition) is 3. The summed E-state index contributed by atoms with van der Waals surface area (Å²) in [7, 11) is 0. The van der Waals surface area contributed by atoms with E-state index in [1.165, 1.54) is 12.3 Å². The number of anilines is 2. The van der Waals surface area contributed by atoms with Crippen LogP contribution in [0.1, 0.15) is 10.4 Å². The number of nitrogens with one attached hydrogen (secondary N) is 3. The van der Waals surface area contributed by atoms with Crippen LogP contribution in [0.3, 0.4) is 0 Å². The molecule has 0 aliphatic rings. The average molecular weight is 415 g/mol. The van der Waals surface area contributed by atoms with Crippen molar-refractivity contribution in [2.75, 3.05) is 16.4 Å².